The van der Waals surface area contributed by atoms with Gasteiger partial charge in [0.25, 0.3) is 0 Å². The highest BCUT2D eigenvalue weighted by atomic mass is 16.5. The highest BCUT2D eigenvalue weighted by Crippen LogP contribution is 2.33. The van der Waals surface area contributed by atoms with Crippen LogP contribution in [0.2, 0.25) is 0 Å². The number of amides is 1. The minimum atomic E-state index is -0.0939. The summed E-state index contributed by atoms with van der Waals surface area (Å²) in [6.07, 6.45) is 11.5. The molecule has 2 aromatic rings. The average molecular weight is 327 g/mol. The van der Waals surface area contributed by atoms with E-state index in [1.54, 1.807) is 0 Å². The third-order valence-corrected chi connectivity index (χ3v) is 5.36. The molecule has 0 N–H and O–H groups in total. The van der Waals surface area contributed by atoms with Crippen molar-refractivity contribution in [3.05, 3.63) is 36.3 Å². The van der Waals surface area contributed by atoms with Crippen LogP contribution in [0.3, 0.4) is 0 Å². The van der Waals surface area contributed by atoms with Gasteiger partial charge in [-0.15, -0.1) is 0 Å². The number of fused-ring (bicyclic) bond motifs is 1. The number of hydrogen-bond acceptors (Lipinski definition) is 3. The lowest BCUT2D eigenvalue weighted by molar-refractivity contribution is -0.152. The number of ether oxygens (including phenoxy) is 1. The molecule has 1 aliphatic carbocycles. The first-order valence-corrected chi connectivity index (χ1v) is 9.09. The van der Waals surface area contributed by atoms with Crippen molar-refractivity contribution in [1.82, 2.24) is 14.3 Å². The number of carbonyl (C=O) groups is 1. The second kappa shape index (κ2) is 6.55. The summed E-state index contributed by atoms with van der Waals surface area (Å²) in [5.41, 5.74) is 1.64. The number of nitrogens with zero attached hydrogens (tertiary/aromatic N) is 3. The van der Waals surface area contributed by atoms with Crippen molar-refractivity contribution >= 4 is 11.6 Å². The Hall–Kier alpha value is -1.88. The first kappa shape index (κ1) is 15.6. The monoisotopic (exact) mass is 327 g/mol. The topological polar surface area (TPSA) is 46.8 Å². The van der Waals surface area contributed by atoms with Gasteiger partial charge in [0.1, 0.15) is 5.65 Å². The Morgan fingerprint density at radius 2 is 2.04 bits per heavy atom. The molecule has 2 aromatic heterocycles. The van der Waals surface area contributed by atoms with Gasteiger partial charge in [-0.1, -0.05) is 31.7 Å². The third-order valence-electron chi connectivity index (χ3n) is 5.36. The van der Waals surface area contributed by atoms with Crippen LogP contribution in [-0.2, 0) is 16.0 Å². The molecule has 24 heavy (non-hydrogen) atoms. The zero-order valence-corrected chi connectivity index (χ0v) is 14.1. The van der Waals surface area contributed by atoms with Crippen molar-refractivity contribution in [1.29, 1.82) is 0 Å². The molecular formula is C19H25N3O2. The standard InChI is InChI=1S/C19H25N3O2/c23-18(13-16-14-21-10-6-3-7-17(21)20-16)22-11-12-24-19(15-22)8-4-1-2-5-9-19/h3,6-7,10,14H,1-2,4-5,8-9,11-13,15H2. The molecule has 1 spiro atoms. The summed E-state index contributed by atoms with van der Waals surface area (Å²) < 4.78 is 8.12. The van der Waals surface area contributed by atoms with E-state index in [0.29, 0.717) is 19.6 Å². The Labute approximate surface area is 142 Å². The predicted molar refractivity (Wildman–Crippen MR) is 91.9 cm³/mol. The maximum Gasteiger partial charge on any atom is 0.228 e. The van der Waals surface area contributed by atoms with Gasteiger partial charge in [0, 0.05) is 25.5 Å². The highest BCUT2D eigenvalue weighted by molar-refractivity contribution is 5.78. The van der Waals surface area contributed by atoms with Gasteiger partial charge in [0.15, 0.2) is 0 Å². The Morgan fingerprint density at radius 3 is 2.83 bits per heavy atom. The lowest BCUT2D eigenvalue weighted by atomic mass is 9.92. The number of rotatable bonds is 2. The molecule has 3 heterocycles. The fraction of sp³-hybridized carbons (Fsp3) is 0.579. The summed E-state index contributed by atoms with van der Waals surface area (Å²) in [7, 11) is 0. The minimum Gasteiger partial charge on any atom is -0.371 e. The predicted octanol–water partition coefficient (Wildman–Crippen LogP) is 2.83. The van der Waals surface area contributed by atoms with Crippen molar-refractivity contribution in [2.45, 2.75) is 50.5 Å². The molecule has 0 atom stereocenters. The maximum absolute atomic E-state index is 12.8. The average Bonchev–Trinajstić information content (AvgIpc) is 2.87. The zero-order valence-electron chi connectivity index (χ0n) is 14.1. The lowest BCUT2D eigenvalue weighted by Gasteiger charge is -2.42. The molecule has 1 saturated carbocycles. The smallest absolute Gasteiger partial charge is 0.228 e. The van der Waals surface area contributed by atoms with Crippen molar-refractivity contribution in [3.8, 4) is 0 Å². The molecule has 0 aromatic carbocycles. The molecule has 1 amide bonds. The van der Waals surface area contributed by atoms with Crippen molar-refractivity contribution in [2.75, 3.05) is 19.7 Å². The largest absolute Gasteiger partial charge is 0.371 e. The fourth-order valence-electron chi connectivity index (χ4n) is 4.07. The number of imidazole rings is 1. The van der Waals surface area contributed by atoms with E-state index in [1.807, 2.05) is 39.9 Å². The van der Waals surface area contributed by atoms with Gasteiger partial charge in [0.05, 0.1) is 24.3 Å². The normalized spacial score (nSPS) is 21.1. The van der Waals surface area contributed by atoms with E-state index in [1.165, 1.54) is 25.7 Å². The van der Waals surface area contributed by atoms with E-state index >= 15 is 0 Å². The number of morpholine rings is 1. The second-order valence-electron chi connectivity index (χ2n) is 7.14. The highest BCUT2D eigenvalue weighted by Gasteiger charge is 2.38. The van der Waals surface area contributed by atoms with E-state index in [9.17, 15) is 4.79 Å². The van der Waals surface area contributed by atoms with Gasteiger partial charge in [-0.3, -0.25) is 4.79 Å². The first-order valence-electron chi connectivity index (χ1n) is 9.09. The molecule has 4 rings (SSSR count). The number of hydrogen-bond donors (Lipinski definition) is 0. The Morgan fingerprint density at radius 1 is 1.21 bits per heavy atom. The zero-order chi connectivity index (χ0) is 16.4. The number of pyridine rings is 1. The molecule has 0 bridgehead atoms. The molecule has 5 nitrogen and oxygen atoms in total. The van der Waals surface area contributed by atoms with Gasteiger partial charge in [0.2, 0.25) is 5.91 Å². The molecule has 1 saturated heterocycles. The van der Waals surface area contributed by atoms with Crippen molar-refractivity contribution in [2.24, 2.45) is 0 Å². The molecule has 128 valence electrons. The minimum absolute atomic E-state index is 0.0939. The van der Waals surface area contributed by atoms with E-state index in [4.69, 9.17) is 4.74 Å². The second-order valence-corrected chi connectivity index (χ2v) is 7.14. The number of carbonyl (C=O) groups excluding carboxylic acids is 1. The summed E-state index contributed by atoms with van der Waals surface area (Å²) in [4.78, 5) is 19.3. The van der Waals surface area contributed by atoms with E-state index in [0.717, 1.165) is 30.7 Å². The van der Waals surface area contributed by atoms with Crippen molar-refractivity contribution in [3.63, 3.8) is 0 Å². The summed E-state index contributed by atoms with van der Waals surface area (Å²) in [5, 5.41) is 0. The van der Waals surface area contributed by atoms with Gasteiger partial charge in [-0.05, 0) is 25.0 Å². The van der Waals surface area contributed by atoms with Crippen LogP contribution in [0.1, 0.15) is 44.2 Å². The molecule has 0 unspecified atom stereocenters. The van der Waals surface area contributed by atoms with Crippen LogP contribution in [0.15, 0.2) is 30.6 Å². The fourth-order valence-corrected chi connectivity index (χ4v) is 4.07. The van der Waals surface area contributed by atoms with Crippen LogP contribution in [0.5, 0.6) is 0 Å². The van der Waals surface area contributed by atoms with E-state index < -0.39 is 0 Å². The Bertz CT molecular complexity index is 683. The Balaban J connectivity index is 1.45. The van der Waals surface area contributed by atoms with Crippen molar-refractivity contribution < 1.29 is 9.53 Å². The van der Waals surface area contributed by atoms with E-state index in [-0.39, 0.29) is 11.5 Å². The van der Waals surface area contributed by atoms with Crippen LogP contribution >= 0.6 is 0 Å². The van der Waals surface area contributed by atoms with Crippen LogP contribution in [-0.4, -0.2) is 45.5 Å². The summed E-state index contributed by atoms with van der Waals surface area (Å²) in [5.74, 6) is 0.172. The SMILES string of the molecule is O=C(Cc1cn2ccccc2n1)N1CCOC2(CCCCCC2)C1. The van der Waals surface area contributed by atoms with E-state index in [2.05, 4.69) is 4.98 Å². The lowest BCUT2D eigenvalue weighted by Crippen LogP contribution is -2.53. The molecule has 5 heteroatoms. The third kappa shape index (κ3) is 3.18. The van der Waals surface area contributed by atoms with Crippen LogP contribution < -0.4 is 0 Å². The van der Waals surface area contributed by atoms with Crippen LogP contribution in [0.25, 0.3) is 5.65 Å². The Kier molecular flexibility index (Phi) is 4.27. The molecule has 2 aliphatic rings. The molecule has 2 fully saturated rings. The molecule has 0 radical (unpaired) electrons. The number of aromatic nitrogens is 2. The quantitative estimate of drug-likeness (QED) is 0.852. The van der Waals surface area contributed by atoms with Crippen LogP contribution in [0, 0.1) is 0 Å². The summed E-state index contributed by atoms with van der Waals surface area (Å²) >= 11 is 0. The summed E-state index contributed by atoms with van der Waals surface area (Å²) in [6, 6.07) is 5.90. The van der Waals surface area contributed by atoms with Gasteiger partial charge in [-0.25, -0.2) is 4.98 Å². The van der Waals surface area contributed by atoms with Gasteiger partial charge >= 0.3 is 0 Å². The van der Waals surface area contributed by atoms with Gasteiger partial charge in [-0.2, -0.15) is 0 Å². The van der Waals surface area contributed by atoms with Crippen LogP contribution in [0.4, 0.5) is 0 Å². The van der Waals surface area contributed by atoms with Gasteiger partial charge < -0.3 is 14.0 Å². The maximum atomic E-state index is 12.8. The first-order chi connectivity index (χ1) is 11.7. The summed E-state index contributed by atoms with van der Waals surface area (Å²) in [6.45, 7) is 2.12. The molecular weight excluding hydrogens is 302 g/mol. The molecule has 1 aliphatic heterocycles.